The van der Waals surface area contributed by atoms with Gasteiger partial charge in [-0.2, -0.15) is 4.98 Å². The molecule has 0 amide bonds. The van der Waals surface area contributed by atoms with Gasteiger partial charge in [-0.3, -0.25) is 9.69 Å². The van der Waals surface area contributed by atoms with Crippen molar-refractivity contribution >= 4 is 0 Å². The van der Waals surface area contributed by atoms with Gasteiger partial charge >= 0.3 is 0 Å². The van der Waals surface area contributed by atoms with Gasteiger partial charge in [0.05, 0.1) is 18.7 Å². The second kappa shape index (κ2) is 6.59. The maximum absolute atomic E-state index is 11.7. The SMILES string of the molecule is CCc1cc(=O)[nH]c(CN2C[C@@H](OC)C[C@@H]2c2nc(C)no2)n1. The van der Waals surface area contributed by atoms with E-state index in [0.717, 1.165) is 25.1 Å². The maximum atomic E-state index is 11.7. The average molecular weight is 319 g/mol. The van der Waals surface area contributed by atoms with Crippen molar-refractivity contribution in [3.05, 3.63) is 39.7 Å². The molecule has 1 aliphatic heterocycles. The Labute approximate surface area is 133 Å². The minimum absolute atomic E-state index is 0.0308. The van der Waals surface area contributed by atoms with Gasteiger partial charge in [0.1, 0.15) is 5.82 Å². The van der Waals surface area contributed by atoms with Crippen LogP contribution in [-0.4, -0.2) is 44.8 Å². The Balaban J connectivity index is 1.84. The molecule has 2 aromatic rings. The zero-order chi connectivity index (χ0) is 16.4. The van der Waals surface area contributed by atoms with Crippen LogP contribution in [0.15, 0.2) is 15.4 Å². The number of likely N-dealkylation sites (tertiary alicyclic amines) is 1. The smallest absolute Gasteiger partial charge is 0.251 e. The van der Waals surface area contributed by atoms with Gasteiger partial charge in [0.15, 0.2) is 5.82 Å². The van der Waals surface area contributed by atoms with Gasteiger partial charge in [-0.15, -0.1) is 0 Å². The highest BCUT2D eigenvalue weighted by molar-refractivity contribution is 5.05. The Hall–Kier alpha value is -2.06. The number of rotatable bonds is 5. The molecule has 0 radical (unpaired) electrons. The first-order valence-corrected chi connectivity index (χ1v) is 7.75. The minimum Gasteiger partial charge on any atom is -0.380 e. The Morgan fingerprint density at radius 2 is 2.30 bits per heavy atom. The van der Waals surface area contributed by atoms with Gasteiger partial charge in [0.2, 0.25) is 5.89 Å². The lowest BCUT2D eigenvalue weighted by Crippen LogP contribution is -2.27. The molecule has 0 unspecified atom stereocenters. The van der Waals surface area contributed by atoms with Crippen LogP contribution in [0.25, 0.3) is 0 Å². The number of methoxy groups -OCH3 is 1. The summed E-state index contributed by atoms with van der Waals surface area (Å²) in [5.74, 6) is 1.84. The summed E-state index contributed by atoms with van der Waals surface area (Å²) in [5, 5.41) is 3.87. The summed E-state index contributed by atoms with van der Waals surface area (Å²) in [6, 6.07) is 1.50. The quantitative estimate of drug-likeness (QED) is 0.877. The number of hydrogen-bond acceptors (Lipinski definition) is 7. The molecule has 8 nitrogen and oxygen atoms in total. The Kier molecular flexibility index (Phi) is 4.53. The van der Waals surface area contributed by atoms with E-state index in [1.165, 1.54) is 6.07 Å². The van der Waals surface area contributed by atoms with Crippen LogP contribution in [0.5, 0.6) is 0 Å². The minimum atomic E-state index is -0.125. The Morgan fingerprint density at radius 3 is 2.96 bits per heavy atom. The largest absolute Gasteiger partial charge is 0.380 e. The van der Waals surface area contributed by atoms with Gasteiger partial charge in [-0.25, -0.2) is 4.98 Å². The van der Waals surface area contributed by atoms with Gasteiger partial charge in [0.25, 0.3) is 5.56 Å². The fourth-order valence-electron chi connectivity index (χ4n) is 2.92. The van der Waals surface area contributed by atoms with Crippen molar-refractivity contribution in [3.8, 4) is 0 Å². The Morgan fingerprint density at radius 1 is 1.48 bits per heavy atom. The number of nitrogens with one attached hydrogen (secondary N) is 1. The van der Waals surface area contributed by atoms with Gasteiger partial charge in [-0.1, -0.05) is 12.1 Å². The standard InChI is InChI=1S/C15H21N5O3/c1-4-10-5-14(21)18-13(17-10)8-20-7-11(22-3)6-12(20)15-16-9(2)19-23-15/h5,11-12H,4,6-8H2,1-3H3,(H,17,18,21)/t11-,12+/m0/s1. The fraction of sp³-hybridized carbons (Fsp3) is 0.600. The predicted octanol–water partition coefficient (Wildman–Crippen LogP) is 0.986. The molecule has 0 aliphatic carbocycles. The third-order valence-electron chi connectivity index (χ3n) is 4.09. The number of H-pyrrole nitrogens is 1. The van der Waals surface area contributed by atoms with Crippen LogP contribution >= 0.6 is 0 Å². The van der Waals surface area contributed by atoms with E-state index >= 15 is 0 Å². The van der Waals surface area contributed by atoms with E-state index in [-0.39, 0.29) is 17.7 Å². The average Bonchev–Trinajstić information content (AvgIpc) is 3.12. The van der Waals surface area contributed by atoms with Crippen LogP contribution in [0.3, 0.4) is 0 Å². The van der Waals surface area contributed by atoms with Crippen LogP contribution in [-0.2, 0) is 17.7 Å². The zero-order valence-electron chi connectivity index (χ0n) is 13.6. The van der Waals surface area contributed by atoms with Gasteiger partial charge in [0, 0.05) is 25.4 Å². The van der Waals surface area contributed by atoms with Gasteiger partial charge < -0.3 is 14.2 Å². The molecule has 0 spiro atoms. The molecule has 0 bridgehead atoms. The third-order valence-corrected chi connectivity index (χ3v) is 4.09. The lowest BCUT2D eigenvalue weighted by atomic mass is 10.2. The molecule has 1 fully saturated rings. The van der Waals surface area contributed by atoms with Crippen LogP contribution < -0.4 is 5.56 Å². The molecule has 1 aliphatic rings. The number of hydrogen-bond donors (Lipinski definition) is 1. The number of aromatic amines is 1. The molecule has 8 heteroatoms. The van der Waals surface area contributed by atoms with E-state index in [2.05, 4.69) is 25.0 Å². The van der Waals surface area contributed by atoms with Crippen molar-refractivity contribution in [1.29, 1.82) is 0 Å². The molecule has 23 heavy (non-hydrogen) atoms. The first-order valence-electron chi connectivity index (χ1n) is 7.75. The van der Waals surface area contributed by atoms with Crippen LogP contribution in [0.2, 0.25) is 0 Å². The summed E-state index contributed by atoms with van der Waals surface area (Å²) < 4.78 is 10.8. The second-order valence-corrected chi connectivity index (χ2v) is 5.76. The molecule has 124 valence electrons. The number of aryl methyl sites for hydroxylation is 2. The van der Waals surface area contributed by atoms with Crippen LogP contribution in [0, 0.1) is 6.92 Å². The lowest BCUT2D eigenvalue weighted by Gasteiger charge is -2.20. The third kappa shape index (κ3) is 3.48. The number of nitrogens with zero attached hydrogens (tertiary/aromatic N) is 4. The zero-order valence-corrected chi connectivity index (χ0v) is 13.6. The molecule has 2 aromatic heterocycles. The summed E-state index contributed by atoms with van der Waals surface area (Å²) in [6.07, 6.45) is 1.59. The summed E-state index contributed by atoms with van der Waals surface area (Å²) in [4.78, 5) is 25.5. The van der Waals surface area contributed by atoms with E-state index < -0.39 is 0 Å². The topological polar surface area (TPSA) is 97.1 Å². The van der Waals surface area contributed by atoms with E-state index in [1.54, 1.807) is 14.0 Å². The highest BCUT2D eigenvalue weighted by atomic mass is 16.5. The van der Waals surface area contributed by atoms with Crippen LogP contribution in [0.4, 0.5) is 0 Å². The monoisotopic (exact) mass is 319 g/mol. The van der Waals surface area contributed by atoms with Crippen molar-refractivity contribution in [2.24, 2.45) is 0 Å². The highest BCUT2D eigenvalue weighted by Gasteiger charge is 2.37. The first-order chi connectivity index (χ1) is 11.1. The molecule has 0 saturated carbocycles. The molecule has 3 rings (SSSR count). The molecular formula is C15H21N5O3. The van der Waals surface area contributed by atoms with Gasteiger partial charge in [-0.05, 0) is 19.8 Å². The molecular weight excluding hydrogens is 298 g/mol. The molecule has 3 heterocycles. The van der Waals surface area contributed by atoms with Crippen molar-refractivity contribution in [3.63, 3.8) is 0 Å². The summed E-state index contributed by atoms with van der Waals surface area (Å²) in [7, 11) is 1.70. The maximum Gasteiger partial charge on any atom is 0.251 e. The van der Waals surface area contributed by atoms with Crippen molar-refractivity contribution in [2.75, 3.05) is 13.7 Å². The first kappa shape index (κ1) is 15.8. The molecule has 1 saturated heterocycles. The number of ether oxygens (including phenoxy) is 1. The van der Waals surface area contributed by atoms with E-state index in [1.807, 2.05) is 6.92 Å². The van der Waals surface area contributed by atoms with Crippen molar-refractivity contribution in [2.45, 2.75) is 45.4 Å². The summed E-state index contributed by atoms with van der Waals surface area (Å²) in [6.45, 7) is 5.01. The number of aromatic nitrogens is 4. The highest BCUT2D eigenvalue weighted by Crippen LogP contribution is 2.33. The Bertz CT molecular complexity index is 726. The normalized spacial score (nSPS) is 21.9. The lowest BCUT2D eigenvalue weighted by molar-refractivity contribution is 0.107. The summed E-state index contributed by atoms with van der Waals surface area (Å²) >= 11 is 0. The van der Waals surface area contributed by atoms with Crippen LogP contribution in [0.1, 0.15) is 42.6 Å². The molecule has 0 aromatic carbocycles. The predicted molar refractivity (Wildman–Crippen MR) is 81.8 cm³/mol. The van der Waals surface area contributed by atoms with E-state index in [0.29, 0.717) is 24.1 Å². The van der Waals surface area contributed by atoms with Crippen molar-refractivity contribution < 1.29 is 9.26 Å². The van der Waals surface area contributed by atoms with E-state index in [9.17, 15) is 4.79 Å². The molecule has 2 atom stereocenters. The van der Waals surface area contributed by atoms with E-state index in [4.69, 9.17) is 9.26 Å². The second-order valence-electron chi connectivity index (χ2n) is 5.76. The fourth-order valence-corrected chi connectivity index (χ4v) is 2.92. The summed E-state index contributed by atoms with van der Waals surface area (Å²) in [5.41, 5.74) is 0.663. The van der Waals surface area contributed by atoms with Crippen molar-refractivity contribution in [1.82, 2.24) is 25.0 Å². The molecule has 1 N–H and O–H groups in total.